The molecule has 0 bridgehead atoms. The number of hydrogen-bond acceptors (Lipinski definition) is 21. The number of alkyl halides is 3. The molecule has 0 saturated carbocycles. The van der Waals surface area contributed by atoms with Crippen LogP contribution in [0.15, 0.2) is 158 Å². The molecule has 8 amide bonds. The average molecular weight is 1660 g/mol. The fourth-order valence-corrected chi connectivity index (χ4v) is 13.1. The average Bonchev–Trinajstić information content (AvgIpc) is 1.65. The number of anilines is 8. The molecule has 5 N–H and O–H groups in total. The van der Waals surface area contributed by atoms with E-state index >= 15 is 0 Å². The lowest BCUT2D eigenvalue weighted by atomic mass is 9.90. The van der Waals surface area contributed by atoms with Gasteiger partial charge < -0.3 is 37.4 Å². The summed E-state index contributed by atoms with van der Waals surface area (Å²) in [6.07, 6.45) is -1.16. The number of halogens is 6. The first kappa shape index (κ1) is 87.4. The molecule has 0 aliphatic carbocycles. The summed E-state index contributed by atoms with van der Waals surface area (Å²) in [6.45, 7) is 18.6. The van der Waals surface area contributed by atoms with E-state index in [-0.39, 0.29) is 101 Å². The third-order valence-electron chi connectivity index (χ3n) is 19.4. The van der Waals surface area contributed by atoms with E-state index in [0.29, 0.717) is 113 Å². The molecule has 1 unspecified atom stereocenters. The summed E-state index contributed by atoms with van der Waals surface area (Å²) >= 11 is 17.8. The number of nitrogens with zero attached hydrogens (tertiary/aromatic N) is 9. The van der Waals surface area contributed by atoms with Crippen molar-refractivity contribution in [1.82, 2.24) is 25.6 Å². The molecule has 0 spiro atoms. The summed E-state index contributed by atoms with van der Waals surface area (Å²) in [5.41, 5.74) is 2.85. The molecule has 29 nitrogen and oxygen atoms in total. The number of benzene rings is 4. The van der Waals surface area contributed by atoms with Gasteiger partial charge in [0.05, 0.1) is 68.2 Å². The molecule has 116 heavy (non-hydrogen) atoms. The first-order valence-corrected chi connectivity index (χ1v) is 38.0. The van der Waals surface area contributed by atoms with Crippen LogP contribution in [0.3, 0.4) is 0 Å². The Morgan fingerprint density at radius 3 is 1.07 bits per heavy atom. The molecule has 4 aliphatic heterocycles. The van der Waals surface area contributed by atoms with Crippen LogP contribution in [-0.2, 0) is 82.3 Å². The zero-order valence-corrected chi connectivity index (χ0v) is 67.7. The van der Waals surface area contributed by atoms with Crippen molar-refractivity contribution < 1.29 is 88.9 Å². The third-order valence-corrected chi connectivity index (χ3v) is 20.1. The molecule has 4 saturated heterocycles. The number of aromatic nitrogens is 5. The first-order valence-electron chi connectivity index (χ1n) is 36.9. The van der Waals surface area contributed by atoms with Crippen LogP contribution in [0, 0.1) is 0 Å². The summed E-state index contributed by atoms with van der Waals surface area (Å²) in [5.74, 6) is -0.619. The number of hydrogen-bond donors (Lipinski definition) is 5. The number of rotatable bonds is 23. The Bertz CT molecular complexity index is 4930. The van der Waals surface area contributed by atoms with Crippen LogP contribution in [0.4, 0.5) is 59.5 Å². The highest BCUT2D eigenvalue weighted by Crippen LogP contribution is 2.37. The molecule has 4 atom stereocenters. The Morgan fingerprint density at radius 2 is 0.767 bits per heavy atom. The lowest BCUT2D eigenvalue weighted by Crippen LogP contribution is -2.41. The quantitative estimate of drug-likeness (QED) is 0.0397. The van der Waals surface area contributed by atoms with E-state index < -0.39 is 52.8 Å². The number of nitrogens with one attached hydrogen (secondary N) is 4. The molecule has 4 aromatic carbocycles. The van der Waals surface area contributed by atoms with Gasteiger partial charge >= 0.3 is 6.18 Å². The van der Waals surface area contributed by atoms with Crippen molar-refractivity contribution >= 4 is 128 Å². The Labute approximate surface area is 681 Å². The molecular weight excluding hydrogens is 1570 g/mol. The third kappa shape index (κ3) is 21.9. The van der Waals surface area contributed by atoms with E-state index in [1.54, 1.807) is 111 Å². The van der Waals surface area contributed by atoms with Crippen molar-refractivity contribution in [1.29, 1.82) is 0 Å². The number of aliphatic hydroxyl groups excluding tert-OH is 1. The van der Waals surface area contributed by atoms with E-state index in [2.05, 4.69) is 46.9 Å². The maximum Gasteiger partial charge on any atom is 0.433 e. The van der Waals surface area contributed by atoms with E-state index in [9.17, 15) is 56.6 Å². The minimum absolute atomic E-state index is 0.1000. The van der Waals surface area contributed by atoms with Gasteiger partial charge in [0.2, 0.25) is 70.8 Å². The predicted molar refractivity (Wildman–Crippen MR) is 426 cm³/mol. The fourth-order valence-electron chi connectivity index (χ4n) is 12.7. The van der Waals surface area contributed by atoms with Gasteiger partial charge in [-0.3, -0.25) is 79.2 Å². The highest BCUT2D eigenvalue weighted by atomic mass is 35.5. The molecule has 35 heteroatoms. The molecule has 616 valence electrons. The zero-order chi connectivity index (χ0) is 84.2. The number of methoxy groups -OCH3 is 2. The van der Waals surface area contributed by atoms with Gasteiger partial charge in [-0.1, -0.05) is 130 Å². The van der Waals surface area contributed by atoms with Crippen LogP contribution in [-0.4, -0.2) is 136 Å². The second kappa shape index (κ2) is 37.3. The summed E-state index contributed by atoms with van der Waals surface area (Å²) in [5, 5.41) is 37.8. The number of amides is 8. The normalized spacial score (nSPS) is 17.1. The maximum atomic E-state index is 13.0. The summed E-state index contributed by atoms with van der Waals surface area (Å²) < 4.78 is 75.2. The Kier molecular flexibility index (Phi) is 28.1. The number of carbonyl (C=O) groups is 8. The van der Waals surface area contributed by atoms with Crippen molar-refractivity contribution in [2.24, 2.45) is 0 Å². The predicted octanol–water partition coefficient (Wildman–Crippen LogP) is 14.6. The highest BCUT2D eigenvalue weighted by Gasteiger charge is 2.43. The van der Waals surface area contributed by atoms with Crippen molar-refractivity contribution in [2.75, 3.05) is 74.9 Å². The van der Waals surface area contributed by atoms with Crippen LogP contribution in [0.5, 0.6) is 5.75 Å². The Balaban J connectivity index is 0.000000164. The Hall–Kier alpha value is -11.0. The van der Waals surface area contributed by atoms with E-state index in [1.807, 2.05) is 86.6 Å². The second-order valence-corrected chi connectivity index (χ2v) is 32.0. The lowest BCUT2D eigenvalue weighted by Gasteiger charge is -2.23. The van der Waals surface area contributed by atoms with Gasteiger partial charge in [-0.15, -0.1) is 0 Å². The second-order valence-electron chi connectivity index (χ2n) is 30.7. The number of pyridine rings is 1. The minimum atomic E-state index is -4.58. The smallest absolute Gasteiger partial charge is 0.433 e. The van der Waals surface area contributed by atoms with Crippen LogP contribution >= 0.6 is 34.8 Å². The van der Waals surface area contributed by atoms with Crippen molar-refractivity contribution in [3.63, 3.8) is 0 Å². The Morgan fingerprint density at radius 1 is 0.448 bits per heavy atom. The summed E-state index contributed by atoms with van der Waals surface area (Å²) in [4.78, 5) is 109. The molecule has 0 radical (unpaired) electrons. The molecular formula is C81H89Cl3F3N13O16. The number of aliphatic hydroxyl groups is 1. The number of ether oxygens (including phenoxy) is 3. The van der Waals surface area contributed by atoms with Gasteiger partial charge in [-0.2, -0.15) is 13.2 Å². The lowest BCUT2D eigenvalue weighted by molar-refractivity contribution is -0.141. The van der Waals surface area contributed by atoms with Gasteiger partial charge in [-0.05, 0) is 128 Å². The maximum absolute atomic E-state index is 13.0. The van der Waals surface area contributed by atoms with E-state index in [0.717, 1.165) is 34.5 Å². The van der Waals surface area contributed by atoms with Gasteiger partial charge in [0.15, 0.2) is 0 Å². The van der Waals surface area contributed by atoms with Crippen molar-refractivity contribution in [2.45, 2.75) is 172 Å². The van der Waals surface area contributed by atoms with Crippen LogP contribution < -0.4 is 45.6 Å². The monoisotopic (exact) mass is 1660 g/mol. The summed E-state index contributed by atoms with van der Waals surface area (Å²) in [7, 11) is 3.25. The molecule has 5 aromatic heterocycles. The molecule has 13 rings (SSSR count). The minimum Gasteiger partial charge on any atom is -0.497 e. The van der Waals surface area contributed by atoms with Crippen LogP contribution in [0.1, 0.15) is 148 Å². The molecule has 4 aliphatic rings. The summed E-state index contributed by atoms with van der Waals surface area (Å²) in [6, 6.07) is 33.8. The van der Waals surface area contributed by atoms with Crippen LogP contribution in [0.2, 0.25) is 15.1 Å². The van der Waals surface area contributed by atoms with E-state index in [1.165, 1.54) is 14.7 Å². The fraction of sp³-hybridized carbons (Fsp3) is 0.395. The molecule has 9 aromatic rings. The van der Waals surface area contributed by atoms with Crippen molar-refractivity contribution in [3.8, 4) is 5.75 Å². The topological polar surface area (TPSA) is 363 Å². The van der Waals surface area contributed by atoms with Gasteiger partial charge in [0, 0.05) is 111 Å². The zero-order valence-electron chi connectivity index (χ0n) is 65.4. The largest absolute Gasteiger partial charge is 0.497 e. The first-order chi connectivity index (χ1) is 54.9. The number of carbonyl (C=O) groups excluding carboxylic acids is 8. The standard InChI is InChI=1S/C26H28ClN3O5.C19H22ClN3O4.C18H20ClN3O4.C18H19F3N4O3/c1-26(2,16-34-15-17-4-10-20(33-3)11-5-17)22-14-23(35-29-22)28-25(32)21-12-13-24(31)30(21)19-8-6-18(27)7-9-19;1-19(2,11-26-3)15-10-16(27-22-15)21-18(25)14-8-9-17(24)23(14)13-6-4-12(20)5-7-13;1-18(2,10-23)14-9-15(26-21-14)20-17(25)13-7-8-16(24)22(13)12-5-3-11(19)4-6-12;1-17(2,3)13-8-14(28-24-13)23-16(27)11-5-7-15(26)25(11)10-4-6-12(22-9-10)18(19,20)21/h4-11,14,21H,12-13,15-16H2,1-3H3,(H,28,32);4-7,10,14H,8-9,11H2,1-3H3,(H,21,25);3-6,9,13,23H,7-8,10H2,1-2H3,(H,20,25);4,6,8-9,11H,5,7H2,1-3H3,(H,23,27)/t21-;14-;13-;/m000./s1. The van der Waals surface area contributed by atoms with Crippen LogP contribution in [0.25, 0.3) is 0 Å². The van der Waals surface area contributed by atoms with Gasteiger partial charge in [-0.25, -0.2) is 4.98 Å². The van der Waals surface area contributed by atoms with Gasteiger partial charge in [0.1, 0.15) is 35.6 Å². The highest BCUT2D eigenvalue weighted by molar-refractivity contribution is 6.31. The van der Waals surface area contributed by atoms with Gasteiger partial charge in [0.25, 0.3) is 0 Å². The van der Waals surface area contributed by atoms with E-state index in [4.69, 9.17) is 67.1 Å². The van der Waals surface area contributed by atoms with Crippen molar-refractivity contribution in [3.05, 3.63) is 189 Å². The molecule has 9 heterocycles. The SMILES string of the molecule is CC(C)(C)c1cc(NC(=O)C2CCC(=O)N2c2ccc(C(F)(F)F)nc2)on1.CC(C)(CO)c1cc(NC(=O)[C@@H]2CCC(=O)N2c2ccc(Cl)cc2)on1.COCC(C)(C)c1cc(NC(=O)[C@@H]2CCC(=O)N2c2ccc(Cl)cc2)on1.COc1ccc(COCC(C)(C)c2cc(NC(=O)[C@@H]3CCC(=O)N3c3ccc(Cl)cc3)on2)cc1. The molecule has 4 fully saturated rings.